The Bertz CT molecular complexity index is 1050. The number of carboxylic acid groups (broad SMARTS) is 1. The molecule has 30 heavy (non-hydrogen) atoms. The molecule has 3 heterocycles. The molecule has 3 atom stereocenters. The van der Waals surface area contributed by atoms with E-state index in [-0.39, 0.29) is 5.56 Å². The van der Waals surface area contributed by atoms with Gasteiger partial charge >= 0.3 is 5.97 Å². The van der Waals surface area contributed by atoms with Gasteiger partial charge < -0.3 is 15.7 Å². The lowest BCUT2D eigenvalue weighted by atomic mass is 9.95. The largest absolute Gasteiger partial charge is 0.478 e. The Labute approximate surface area is 175 Å². The lowest BCUT2D eigenvalue weighted by molar-refractivity contribution is 0.0697. The third kappa shape index (κ3) is 4.18. The van der Waals surface area contributed by atoms with Crippen LogP contribution < -0.4 is 10.6 Å². The summed E-state index contributed by atoms with van der Waals surface area (Å²) in [4.78, 5) is 20.6. The number of nitrogens with one attached hydrogen (secondary N) is 2. The molecular weight excluding hydrogens is 380 g/mol. The van der Waals surface area contributed by atoms with Gasteiger partial charge in [0, 0.05) is 30.0 Å². The molecule has 0 amide bonds. The van der Waals surface area contributed by atoms with E-state index >= 15 is 0 Å². The van der Waals surface area contributed by atoms with Crippen LogP contribution in [-0.4, -0.2) is 42.9 Å². The summed E-state index contributed by atoms with van der Waals surface area (Å²) in [5.41, 5.74) is 2.99. The van der Waals surface area contributed by atoms with Gasteiger partial charge in [-0.1, -0.05) is 18.2 Å². The summed E-state index contributed by atoms with van der Waals surface area (Å²) < 4.78 is 2.00. The monoisotopic (exact) mass is 406 g/mol. The van der Waals surface area contributed by atoms with Crippen LogP contribution >= 0.6 is 0 Å². The Hall–Kier alpha value is -3.26. The minimum absolute atomic E-state index is 0.215. The van der Waals surface area contributed by atoms with Gasteiger partial charge in [0.05, 0.1) is 29.2 Å². The maximum absolute atomic E-state index is 11.6. The molecule has 156 valence electrons. The van der Waals surface area contributed by atoms with Gasteiger partial charge in [0.1, 0.15) is 0 Å². The van der Waals surface area contributed by atoms with E-state index in [4.69, 9.17) is 0 Å². The minimum Gasteiger partial charge on any atom is -0.478 e. The average Bonchev–Trinajstić information content (AvgIpc) is 3.17. The van der Waals surface area contributed by atoms with Gasteiger partial charge in [-0.05, 0) is 45.2 Å². The first-order chi connectivity index (χ1) is 14.4. The number of carbonyl (C=O) groups is 1. The molecule has 1 aliphatic rings. The number of nitrogens with zero attached hydrogens (tertiary/aromatic N) is 4. The number of piperidine rings is 1. The summed E-state index contributed by atoms with van der Waals surface area (Å²) in [5, 5.41) is 20.8. The minimum atomic E-state index is -0.982. The molecule has 8 nitrogen and oxygen atoms in total. The molecule has 1 aromatic carbocycles. The molecule has 8 heteroatoms. The van der Waals surface area contributed by atoms with Crippen molar-refractivity contribution in [1.82, 2.24) is 25.1 Å². The van der Waals surface area contributed by atoms with E-state index in [2.05, 4.69) is 39.5 Å². The average molecular weight is 406 g/mol. The van der Waals surface area contributed by atoms with Crippen LogP contribution in [0, 0.1) is 6.92 Å². The summed E-state index contributed by atoms with van der Waals surface area (Å²) in [6.07, 6.45) is 7.50. The zero-order valence-corrected chi connectivity index (χ0v) is 17.3. The SMILES string of the molecule is Cc1cnc(Nc2cnn(C3C[C@@H](C)N[C@@H](C)C3)c2)nc1-c1ccccc1C(=O)O. The molecule has 0 spiro atoms. The molecule has 0 saturated carbocycles. The topological polar surface area (TPSA) is 105 Å². The van der Waals surface area contributed by atoms with Gasteiger partial charge in [0.15, 0.2) is 0 Å². The van der Waals surface area contributed by atoms with E-state index in [0.717, 1.165) is 24.1 Å². The molecule has 3 aromatic rings. The van der Waals surface area contributed by atoms with Crippen LogP contribution in [0.25, 0.3) is 11.3 Å². The second-order valence-corrected chi connectivity index (χ2v) is 8.00. The number of benzene rings is 1. The highest BCUT2D eigenvalue weighted by Gasteiger charge is 2.25. The van der Waals surface area contributed by atoms with Crippen molar-refractivity contribution in [2.75, 3.05) is 5.32 Å². The van der Waals surface area contributed by atoms with Crippen molar-refractivity contribution in [3.63, 3.8) is 0 Å². The van der Waals surface area contributed by atoms with Gasteiger partial charge in [0.25, 0.3) is 0 Å². The highest BCUT2D eigenvalue weighted by Crippen LogP contribution is 2.28. The van der Waals surface area contributed by atoms with E-state index in [0.29, 0.717) is 35.3 Å². The quantitative estimate of drug-likeness (QED) is 0.592. The van der Waals surface area contributed by atoms with Crippen molar-refractivity contribution in [3.05, 3.63) is 54.0 Å². The third-order valence-corrected chi connectivity index (χ3v) is 5.44. The molecule has 0 aliphatic carbocycles. The van der Waals surface area contributed by atoms with E-state index in [1.165, 1.54) is 0 Å². The lowest BCUT2D eigenvalue weighted by Gasteiger charge is -2.32. The molecule has 0 radical (unpaired) electrons. The Kier molecular flexibility index (Phi) is 5.50. The van der Waals surface area contributed by atoms with Gasteiger partial charge in [-0.3, -0.25) is 4.68 Å². The second kappa shape index (κ2) is 8.23. The van der Waals surface area contributed by atoms with Crippen molar-refractivity contribution in [2.45, 2.75) is 51.7 Å². The Morgan fingerprint density at radius 2 is 1.93 bits per heavy atom. The fourth-order valence-corrected chi connectivity index (χ4v) is 4.13. The predicted octanol–water partition coefficient (Wildman–Crippen LogP) is 3.79. The predicted molar refractivity (Wildman–Crippen MR) is 115 cm³/mol. The van der Waals surface area contributed by atoms with Crippen LogP contribution in [0.4, 0.5) is 11.6 Å². The number of hydrogen-bond acceptors (Lipinski definition) is 6. The first-order valence-electron chi connectivity index (χ1n) is 10.1. The van der Waals surface area contributed by atoms with E-state index in [9.17, 15) is 9.90 Å². The Morgan fingerprint density at radius 1 is 1.20 bits per heavy atom. The fourth-order valence-electron chi connectivity index (χ4n) is 4.13. The van der Waals surface area contributed by atoms with E-state index < -0.39 is 5.97 Å². The third-order valence-electron chi connectivity index (χ3n) is 5.44. The molecule has 1 unspecified atom stereocenters. The molecule has 1 aliphatic heterocycles. The van der Waals surface area contributed by atoms with Crippen molar-refractivity contribution < 1.29 is 9.90 Å². The zero-order valence-electron chi connectivity index (χ0n) is 17.3. The first kappa shape index (κ1) is 20.0. The number of carboxylic acids is 1. The van der Waals surface area contributed by atoms with Gasteiger partial charge in [-0.25, -0.2) is 14.8 Å². The van der Waals surface area contributed by atoms with Crippen LogP contribution in [-0.2, 0) is 0 Å². The number of aromatic nitrogens is 4. The zero-order chi connectivity index (χ0) is 21.3. The maximum Gasteiger partial charge on any atom is 0.336 e. The van der Waals surface area contributed by atoms with Crippen LogP contribution in [0.5, 0.6) is 0 Å². The van der Waals surface area contributed by atoms with E-state index in [1.54, 1.807) is 30.6 Å². The summed E-state index contributed by atoms with van der Waals surface area (Å²) in [6, 6.07) is 8.12. The number of hydrogen-bond donors (Lipinski definition) is 3. The maximum atomic E-state index is 11.6. The molecular formula is C22H26N6O2. The highest BCUT2D eigenvalue weighted by molar-refractivity contribution is 5.95. The van der Waals surface area contributed by atoms with Gasteiger partial charge in [-0.15, -0.1) is 0 Å². The second-order valence-electron chi connectivity index (χ2n) is 8.00. The van der Waals surface area contributed by atoms with Crippen molar-refractivity contribution in [3.8, 4) is 11.3 Å². The number of anilines is 2. The van der Waals surface area contributed by atoms with Crippen molar-refractivity contribution >= 4 is 17.6 Å². The van der Waals surface area contributed by atoms with Crippen LogP contribution in [0.3, 0.4) is 0 Å². The Balaban J connectivity index is 1.58. The van der Waals surface area contributed by atoms with Crippen LogP contribution in [0.2, 0.25) is 0 Å². The molecule has 0 bridgehead atoms. The first-order valence-corrected chi connectivity index (χ1v) is 10.1. The summed E-state index contributed by atoms with van der Waals surface area (Å²) in [5.74, 6) is -0.577. The van der Waals surface area contributed by atoms with E-state index in [1.807, 2.05) is 23.9 Å². The molecule has 3 N–H and O–H groups in total. The summed E-state index contributed by atoms with van der Waals surface area (Å²) in [6.45, 7) is 6.26. The number of aryl methyl sites for hydroxylation is 1. The number of rotatable bonds is 5. The molecule has 4 rings (SSSR count). The fraction of sp³-hybridized carbons (Fsp3) is 0.364. The normalized spacial score (nSPS) is 21.4. The van der Waals surface area contributed by atoms with Crippen LogP contribution in [0.15, 0.2) is 42.9 Å². The Morgan fingerprint density at radius 3 is 2.67 bits per heavy atom. The van der Waals surface area contributed by atoms with Crippen molar-refractivity contribution in [1.29, 1.82) is 0 Å². The van der Waals surface area contributed by atoms with Crippen molar-refractivity contribution in [2.24, 2.45) is 0 Å². The van der Waals surface area contributed by atoms with Gasteiger partial charge in [-0.2, -0.15) is 5.10 Å². The molecule has 1 saturated heterocycles. The number of aromatic carboxylic acids is 1. The summed E-state index contributed by atoms with van der Waals surface area (Å²) >= 11 is 0. The molecule has 1 fully saturated rings. The smallest absolute Gasteiger partial charge is 0.336 e. The van der Waals surface area contributed by atoms with Crippen LogP contribution in [0.1, 0.15) is 48.7 Å². The lowest BCUT2D eigenvalue weighted by Crippen LogP contribution is -2.43. The van der Waals surface area contributed by atoms with Gasteiger partial charge in [0.2, 0.25) is 5.95 Å². The molecule has 2 aromatic heterocycles. The standard InChI is InChI=1S/C22H26N6O2/c1-13-10-23-22(27-20(13)18-6-4-5-7-19(18)21(29)30)26-16-11-24-28(12-16)17-8-14(2)25-15(3)9-17/h4-7,10-12,14-15,17,25H,8-9H2,1-3H3,(H,29,30)(H,23,26,27)/t14-,15+,17?. The summed E-state index contributed by atoms with van der Waals surface area (Å²) in [7, 11) is 0. The highest BCUT2D eigenvalue weighted by atomic mass is 16.4.